The van der Waals surface area contributed by atoms with Crippen molar-refractivity contribution in [1.29, 1.82) is 0 Å². The third-order valence-electron chi connectivity index (χ3n) is 2.53. The lowest BCUT2D eigenvalue weighted by atomic mass is 10.1. The van der Waals surface area contributed by atoms with Gasteiger partial charge in [0, 0.05) is 17.9 Å². The average Bonchev–Trinajstić information content (AvgIpc) is 2.85. The van der Waals surface area contributed by atoms with E-state index >= 15 is 0 Å². The van der Waals surface area contributed by atoms with E-state index in [0.717, 1.165) is 0 Å². The van der Waals surface area contributed by atoms with E-state index in [1.807, 2.05) is 0 Å². The van der Waals surface area contributed by atoms with Gasteiger partial charge in [-0.15, -0.1) is 5.10 Å². The van der Waals surface area contributed by atoms with Gasteiger partial charge in [0.15, 0.2) is 0 Å². The molecule has 7 nitrogen and oxygen atoms in total. The number of hydrogen-bond donors (Lipinski definition) is 2. The maximum absolute atomic E-state index is 13.7. The molecule has 106 valence electrons. The van der Waals surface area contributed by atoms with E-state index in [0.29, 0.717) is 23.8 Å². The Morgan fingerprint density at radius 3 is 2.95 bits per heavy atom. The molecule has 0 aliphatic rings. The van der Waals surface area contributed by atoms with Gasteiger partial charge in [-0.1, -0.05) is 11.8 Å². The number of thioether (sulfide) groups is 1. The Morgan fingerprint density at radius 1 is 1.45 bits per heavy atom. The molecule has 0 saturated carbocycles. The summed E-state index contributed by atoms with van der Waals surface area (Å²) in [6.07, 6.45) is 0. The highest BCUT2D eigenvalue weighted by Gasteiger charge is 2.11. The van der Waals surface area contributed by atoms with Crippen LogP contribution < -0.4 is 11.5 Å². The summed E-state index contributed by atoms with van der Waals surface area (Å²) in [6, 6.07) is 4.00. The molecule has 0 bridgehead atoms. The van der Waals surface area contributed by atoms with Crippen molar-refractivity contribution in [2.45, 2.75) is 17.5 Å². The second kappa shape index (κ2) is 6.44. The Morgan fingerprint density at radius 2 is 2.25 bits per heavy atom. The van der Waals surface area contributed by atoms with Gasteiger partial charge in [0.1, 0.15) is 5.82 Å². The Labute approximate surface area is 118 Å². The lowest BCUT2D eigenvalue weighted by Crippen LogP contribution is -2.12. The predicted molar refractivity (Wildman–Crippen MR) is 71.4 cm³/mol. The van der Waals surface area contributed by atoms with E-state index in [1.54, 1.807) is 4.68 Å². The summed E-state index contributed by atoms with van der Waals surface area (Å²) in [5.41, 5.74) is 11.2. The van der Waals surface area contributed by atoms with Gasteiger partial charge in [0.05, 0.1) is 6.54 Å². The fraction of sp³-hybridized carbons (Fsp3) is 0.273. The zero-order valence-corrected chi connectivity index (χ0v) is 11.3. The molecule has 0 aliphatic carbocycles. The molecule has 0 saturated heterocycles. The van der Waals surface area contributed by atoms with Gasteiger partial charge >= 0.3 is 0 Å². The summed E-state index contributed by atoms with van der Waals surface area (Å²) in [7, 11) is 0. The van der Waals surface area contributed by atoms with Gasteiger partial charge in [0.25, 0.3) is 0 Å². The van der Waals surface area contributed by atoms with Crippen LogP contribution in [0.15, 0.2) is 23.4 Å². The number of rotatable bonds is 6. The van der Waals surface area contributed by atoms with Crippen molar-refractivity contribution in [3.05, 3.63) is 35.1 Å². The lowest BCUT2D eigenvalue weighted by molar-refractivity contribution is 0.1000. The number of hydrogen-bond acceptors (Lipinski definition) is 6. The first-order chi connectivity index (χ1) is 9.61. The SMILES string of the molecule is NCCn1nnnc1SCc1cc(C(N)=O)ccc1F. The van der Waals surface area contributed by atoms with Crippen molar-refractivity contribution in [3.63, 3.8) is 0 Å². The fourth-order valence-corrected chi connectivity index (χ4v) is 2.42. The molecular formula is C11H13FN6OS. The first-order valence-electron chi connectivity index (χ1n) is 5.79. The monoisotopic (exact) mass is 296 g/mol. The number of tetrazole rings is 1. The number of nitrogens with two attached hydrogens (primary N) is 2. The summed E-state index contributed by atoms with van der Waals surface area (Å²) in [5, 5.41) is 11.7. The van der Waals surface area contributed by atoms with Crippen LogP contribution in [0.3, 0.4) is 0 Å². The molecule has 9 heteroatoms. The van der Waals surface area contributed by atoms with Crippen molar-refractivity contribution in [1.82, 2.24) is 20.2 Å². The molecule has 2 aromatic rings. The molecule has 20 heavy (non-hydrogen) atoms. The van der Waals surface area contributed by atoms with Crippen LogP contribution >= 0.6 is 11.8 Å². The van der Waals surface area contributed by atoms with Crippen molar-refractivity contribution in [3.8, 4) is 0 Å². The van der Waals surface area contributed by atoms with Crippen molar-refractivity contribution in [2.75, 3.05) is 6.54 Å². The number of primary amides is 1. The summed E-state index contributed by atoms with van der Waals surface area (Å²) < 4.78 is 15.2. The van der Waals surface area contributed by atoms with Gasteiger partial charge in [-0.25, -0.2) is 9.07 Å². The Hall–Kier alpha value is -2.00. The largest absolute Gasteiger partial charge is 0.366 e. The molecule has 4 N–H and O–H groups in total. The van der Waals surface area contributed by atoms with Crippen LogP contribution in [-0.4, -0.2) is 32.7 Å². The molecule has 1 heterocycles. The molecular weight excluding hydrogens is 283 g/mol. The van der Waals surface area contributed by atoms with Gasteiger partial charge in [-0.05, 0) is 34.2 Å². The van der Waals surface area contributed by atoms with E-state index in [9.17, 15) is 9.18 Å². The number of aromatic nitrogens is 4. The van der Waals surface area contributed by atoms with Crippen molar-refractivity contribution >= 4 is 17.7 Å². The van der Waals surface area contributed by atoms with E-state index in [1.165, 1.54) is 30.0 Å². The lowest BCUT2D eigenvalue weighted by Gasteiger charge is -2.05. The Bertz CT molecular complexity index is 617. The highest BCUT2D eigenvalue weighted by molar-refractivity contribution is 7.98. The molecule has 2 rings (SSSR count). The maximum Gasteiger partial charge on any atom is 0.248 e. The fourth-order valence-electron chi connectivity index (χ4n) is 1.54. The molecule has 0 radical (unpaired) electrons. The van der Waals surface area contributed by atoms with Crippen LogP contribution in [0.25, 0.3) is 0 Å². The summed E-state index contributed by atoms with van der Waals surface area (Å²) >= 11 is 1.26. The van der Waals surface area contributed by atoms with Crippen LogP contribution in [0.4, 0.5) is 4.39 Å². The standard InChI is InChI=1S/C11H13FN6OS/c12-9-2-1-7(10(14)19)5-8(9)6-20-11-15-16-17-18(11)4-3-13/h1-2,5H,3-4,6,13H2,(H2,14,19). The highest BCUT2D eigenvalue weighted by Crippen LogP contribution is 2.22. The van der Waals surface area contributed by atoms with E-state index in [2.05, 4.69) is 15.5 Å². The van der Waals surface area contributed by atoms with E-state index in [-0.39, 0.29) is 11.3 Å². The first-order valence-corrected chi connectivity index (χ1v) is 6.77. The highest BCUT2D eigenvalue weighted by atomic mass is 32.2. The minimum Gasteiger partial charge on any atom is -0.366 e. The van der Waals surface area contributed by atoms with Crippen molar-refractivity contribution in [2.24, 2.45) is 11.5 Å². The average molecular weight is 296 g/mol. The number of carbonyl (C=O) groups is 1. The topological polar surface area (TPSA) is 113 Å². The number of benzene rings is 1. The Balaban J connectivity index is 2.12. The van der Waals surface area contributed by atoms with Gasteiger partial charge in [0.2, 0.25) is 11.1 Å². The molecule has 0 atom stereocenters. The minimum absolute atomic E-state index is 0.267. The molecule has 0 aliphatic heterocycles. The van der Waals surface area contributed by atoms with Gasteiger partial charge < -0.3 is 11.5 Å². The third kappa shape index (κ3) is 3.31. The van der Waals surface area contributed by atoms with E-state index < -0.39 is 11.7 Å². The molecule has 1 aromatic heterocycles. The summed E-state index contributed by atoms with van der Waals surface area (Å²) in [4.78, 5) is 11.1. The number of nitrogens with zero attached hydrogens (tertiary/aromatic N) is 4. The maximum atomic E-state index is 13.7. The van der Waals surface area contributed by atoms with Crippen molar-refractivity contribution < 1.29 is 9.18 Å². The quantitative estimate of drug-likeness (QED) is 0.734. The second-order valence-electron chi connectivity index (χ2n) is 3.93. The van der Waals surface area contributed by atoms with Crippen LogP contribution in [-0.2, 0) is 12.3 Å². The van der Waals surface area contributed by atoms with E-state index in [4.69, 9.17) is 11.5 Å². The zero-order valence-electron chi connectivity index (χ0n) is 10.5. The summed E-state index contributed by atoms with van der Waals surface area (Å²) in [5.74, 6) is -0.706. The predicted octanol–water partition coefficient (Wildman–Crippen LogP) is 0.162. The normalized spacial score (nSPS) is 10.7. The molecule has 0 spiro atoms. The number of carbonyl (C=O) groups excluding carboxylic acids is 1. The second-order valence-corrected chi connectivity index (χ2v) is 4.87. The van der Waals surface area contributed by atoms with Gasteiger partial charge in [-0.3, -0.25) is 4.79 Å². The third-order valence-corrected chi connectivity index (χ3v) is 3.53. The zero-order chi connectivity index (χ0) is 14.5. The summed E-state index contributed by atoms with van der Waals surface area (Å²) in [6.45, 7) is 0.892. The molecule has 1 aromatic carbocycles. The smallest absolute Gasteiger partial charge is 0.248 e. The van der Waals surface area contributed by atoms with Crippen LogP contribution in [0.2, 0.25) is 0 Å². The van der Waals surface area contributed by atoms with Crippen LogP contribution in [0, 0.1) is 5.82 Å². The van der Waals surface area contributed by atoms with Crippen LogP contribution in [0.1, 0.15) is 15.9 Å². The first kappa shape index (κ1) is 14.4. The van der Waals surface area contributed by atoms with Gasteiger partial charge in [-0.2, -0.15) is 0 Å². The molecule has 0 unspecified atom stereocenters. The Kier molecular flexibility index (Phi) is 4.64. The molecule has 0 fully saturated rings. The number of amides is 1. The molecule has 1 amide bonds. The number of halogens is 1. The van der Waals surface area contributed by atoms with Crippen LogP contribution in [0.5, 0.6) is 0 Å². The minimum atomic E-state index is -0.593.